The molecule has 0 saturated carbocycles. The van der Waals surface area contributed by atoms with E-state index in [2.05, 4.69) is 10.6 Å². The third-order valence-corrected chi connectivity index (χ3v) is 5.44. The van der Waals surface area contributed by atoms with E-state index in [1.165, 1.54) is 50.1 Å². The number of nitrogens with one attached hydrogen (secondary N) is 2. The molecule has 0 aliphatic carbocycles. The van der Waals surface area contributed by atoms with Crippen molar-refractivity contribution in [3.63, 3.8) is 0 Å². The molecule has 3 rings (SSSR count). The first-order valence-corrected chi connectivity index (χ1v) is 9.65. The van der Waals surface area contributed by atoms with Gasteiger partial charge in [0.1, 0.15) is 23.1 Å². The quantitative estimate of drug-likeness (QED) is 0.655. The van der Waals surface area contributed by atoms with Crippen LogP contribution in [-0.4, -0.2) is 53.1 Å². The Labute approximate surface area is 179 Å². The van der Waals surface area contributed by atoms with Crippen LogP contribution in [0.2, 0.25) is 0 Å². The van der Waals surface area contributed by atoms with Crippen LogP contribution in [0.25, 0.3) is 0 Å². The number of methoxy groups -OCH3 is 1. The van der Waals surface area contributed by atoms with Crippen LogP contribution in [0.15, 0.2) is 48.5 Å². The molecule has 0 radical (unpaired) electrons. The van der Waals surface area contributed by atoms with Gasteiger partial charge in [-0.25, -0.2) is 14.0 Å². The number of aliphatic carboxylic acids is 1. The number of likely N-dealkylation sites (tertiary alicyclic amines) is 1. The van der Waals surface area contributed by atoms with E-state index < -0.39 is 41.2 Å². The summed E-state index contributed by atoms with van der Waals surface area (Å²) in [5, 5.41) is 14.8. The number of anilines is 1. The van der Waals surface area contributed by atoms with Gasteiger partial charge in [0.05, 0.1) is 7.11 Å². The maximum atomic E-state index is 13.1. The van der Waals surface area contributed by atoms with E-state index in [1.54, 1.807) is 24.3 Å². The van der Waals surface area contributed by atoms with Gasteiger partial charge >= 0.3 is 12.0 Å². The molecule has 8 nitrogen and oxygen atoms in total. The van der Waals surface area contributed by atoms with E-state index in [0.717, 1.165) is 5.56 Å². The number of halogens is 1. The van der Waals surface area contributed by atoms with Gasteiger partial charge in [0.15, 0.2) is 0 Å². The molecular weight excluding hydrogens is 405 g/mol. The molecule has 2 atom stereocenters. The summed E-state index contributed by atoms with van der Waals surface area (Å²) in [5.41, 5.74) is -0.343. The van der Waals surface area contributed by atoms with Crippen molar-refractivity contribution in [2.24, 2.45) is 0 Å². The lowest BCUT2D eigenvalue weighted by Crippen LogP contribution is -2.53. The van der Waals surface area contributed by atoms with Gasteiger partial charge in [-0.2, -0.15) is 0 Å². The van der Waals surface area contributed by atoms with Crippen molar-refractivity contribution in [3.8, 4) is 5.75 Å². The molecule has 164 valence electrons. The molecule has 0 bridgehead atoms. The van der Waals surface area contributed by atoms with Gasteiger partial charge < -0.3 is 25.4 Å². The molecule has 31 heavy (non-hydrogen) atoms. The molecule has 1 aliphatic rings. The van der Waals surface area contributed by atoms with E-state index in [-0.39, 0.29) is 6.54 Å². The number of benzene rings is 2. The molecule has 0 aromatic heterocycles. The Kier molecular flexibility index (Phi) is 6.14. The molecule has 1 fully saturated rings. The fraction of sp³-hybridized carbons (Fsp3) is 0.318. The summed E-state index contributed by atoms with van der Waals surface area (Å²) < 4.78 is 18.2. The fourth-order valence-electron chi connectivity index (χ4n) is 3.50. The minimum absolute atomic E-state index is 0.117. The number of carboxylic acid groups (broad SMARTS) is 1. The molecule has 1 heterocycles. The number of rotatable bonds is 6. The van der Waals surface area contributed by atoms with Crippen molar-refractivity contribution in [2.45, 2.75) is 31.3 Å². The monoisotopic (exact) mass is 429 g/mol. The Bertz CT molecular complexity index is 976. The van der Waals surface area contributed by atoms with E-state index >= 15 is 0 Å². The van der Waals surface area contributed by atoms with Crippen LogP contribution < -0.4 is 15.4 Å². The zero-order chi connectivity index (χ0) is 22.8. The second-order valence-electron chi connectivity index (χ2n) is 7.78. The van der Waals surface area contributed by atoms with Crippen LogP contribution in [0.3, 0.4) is 0 Å². The Morgan fingerprint density at radius 2 is 1.74 bits per heavy atom. The summed E-state index contributed by atoms with van der Waals surface area (Å²) in [5.74, 6) is -1.93. The van der Waals surface area contributed by atoms with Gasteiger partial charge in [0.25, 0.3) is 0 Å². The van der Waals surface area contributed by atoms with Crippen LogP contribution in [0.4, 0.5) is 14.9 Å². The second kappa shape index (κ2) is 8.63. The average Bonchev–Trinajstić information content (AvgIpc) is 3.06. The van der Waals surface area contributed by atoms with Crippen LogP contribution in [0.5, 0.6) is 5.75 Å². The van der Waals surface area contributed by atoms with Gasteiger partial charge in [-0.3, -0.25) is 4.79 Å². The normalized spacial score (nSPS) is 18.6. The summed E-state index contributed by atoms with van der Waals surface area (Å²) in [6.07, 6.45) is 0. The highest BCUT2D eigenvalue weighted by Crippen LogP contribution is 2.34. The lowest BCUT2D eigenvalue weighted by Gasteiger charge is -2.31. The lowest BCUT2D eigenvalue weighted by atomic mass is 9.94. The van der Waals surface area contributed by atoms with Crippen molar-refractivity contribution in [1.82, 2.24) is 10.2 Å². The summed E-state index contributed by atoms with van der Waals surface area (Å²) in [6.45, 7) is 3.00. The van der Waals surface area contributed by atoms with Crippen LogP contribution >= 0.6 is 0 Å². The number of hydrogen-bond donors (Lipinski definition) is 3. The maximum Gasteiger partial charge on any atom is 0.329 e. The molecule has 9 heteroatoms. The molecule has 0 spiro atoms. The summed E-state index contributed by atoms with van der Waals surface area (Å²) in [6, 6.07) is 10.6. The molecular formula is C22H24FN3O5. The van der Waals surface area contributed by atoms with Gasteiger partial charge in [0, 0.05) is 18.2 Å². The maximum absolute atomic E-state index is 13.1. The van der Waals surface area contributed by atoms with Crippen molar-refractivity contribution in [2.75, 3.05) is 19.0 Å². The van der Waals surface area contributed by atoms with Crippen molar-refractivity contribution >= 4 is 23.6 Å². The van der Waals surface area contributed by atoms with Crippen LogP contribution in [-0.2, 0) is 9.59 Å². The van der Waals surface area contributed by atoms with Crippen molar-refractivity contribution in [1.29, 1.82) is 0 Å². The predicted molar refractivity (Wildman–Crippen MR) is 112 cm³/mol. The number of urea groups is 1. The summed E-state index contributed by atoms with van der Waals surface area (Å²) >= 11 is 0. The highest BCUT2D eigenvalue weighted by Gasteiger charge is 2.50. The predicted octanol–water partition coefficient (Wildman–Crippen LogP) is 2.81. The SMILES string of the molecule is COc1ccc([C@@H]2CN(C(C)(C)C(=O)O)C(=O)[C@H]2NC(=O)Nc2ccc(F)cc2)cc1. The zero-order valence-electron chi connectivity index (χ0n) is 17.4. The Hall–Kier alpha value is -3.62. The third-order valence-electron chi connectivity index (χ3n) is 5.44. The molecule has 3 amide bonds. The van der Waals surface area contributed by atoms with Gasteiger partial charge in [-0.15, -0.1) is 0 Å². The smallest absolute Gasteiger partial charge is 0.329 e. The van der Waals surface area contributed by atoms with Gasteiger partial charge in [-0.1, -0.05) is 12.1 Å². The topological polar surface area (TPSA) is 108 Å². The van der Waals surface area contributed by atoms with Crippen LogP contribution in [0.1, 0.15) is 25.3 Å². The number of hydrogen-bond acceptors (Lipinski definition) is 4. The van der Waals surface area contributed by atoms with E-state index in [0.29, 0.717) is 11.4 Å². The lowest BCUT2D eigenvalue weighted by molar-refractivity contribution is -0.155. The molecule has 1 saturated heterocycles. The standard InChI is InChI=1S/C22H24FN3O5/c1-22(2,20(28)29)26-12-17(13-4-10-16(31-3)11-5-13)18(19(26)27)25-21(30)24-15-8-6-14(23)7-9-15/h4-11,17-18H,12H2,1-3H3,(H,28,29)(H2,24,25,30)/t17-,18-/m0/s1. The molecule has 0 unspecified atom stereocenters. The first kappa shape index (κ1) is 22.1. The van der Waals surface area contributed by atoms with Gasteiger partial charge in [0.2, 0.25) is 5.91 Å². The van der Waals surface area contributed by atoms with Gasteiger partial charge in [-0.05, 0) is 55.8 Å². The summed E-state index contributed by atoms with van der Waals surface area (Å²) in [7, 11) is 1.54. The highest BCUT2D eigenvalue weighted by atomic mass is 19.1. The molecule has 2 aromatic carbocycles. The fourth-order valence-corrected chi connectivity index (χ4v) is 3.50. The first-order valence-electron chi connectivity index (χ1n) is 9.65. The number of amides is 3. The largest absolute Gasteiger partial charge is 0.497 e. The van der Waals surface area contributed by atoms with E-state index in [4.69, 9.17) is 4.74 Å². The minimum Gasteiger partial charge on any atom is -0.497 e. The van der Waals surface area contributed by atoms with Crippen molar-refractivity contribution < 1.29 is 28.6 Å². The summed E-state index contributed by atoms with van der Waals surface area (Å²) in [4.78, 5) is 38.7. The second-order valence-corrected chi connectivity index (χ2v) is 7.78. The molecule has 2 aromatic rings. The number of carboxylic acids is 1. The number of carbonyl (C=O) groups is 3. The molecule has 3 N–H and O–H groups in total. The van der Waals surface area contributed by atoms with E-state index in [9.17, 15) is 23.9 Å². The number of ether oxygens (including phenoxy) is 1. The molecule has 1 aliphatic heterocycles. The van der Waals surface area contributed by atoms with Crippen LogP contribution in [0, 0.1) is 5.82 Å². The average molecular weight is 429 g/mol. The highest BCUT2D eigenvalue weighted by molar-refractivity contribution is 5.97. The van der Waals surface area contributed by atoms with E-state index in [1.807, 2.05) is 0 Å². The first-order chi connectivity index (χ1) is 14.6. The Morgan fingerprint density at radius 1 is 1.13 bits per heavy atom. The Balaban J connectivity index is 1.86. The minimum atomic E-state index is -1.45. The zero-order valence-corrected chi connectivity index (χ0v) is 17.4. The third kappa shape index (κ3) is 4.60. The van der Waals surface area contributed by atoms with Crippen molar-refractivity contribution in [3.05, 3.63) is 59.9 Å². The Morgan fingerprint density at radius 3 is 2.29 bits per heavy atom. The number of nitrogens with zero attached hydrogens (tertiary/aromatic N) is 1. The number of carbonyl (C=O) groups excluding carboxylic acids is 2.